The van der Waals surface area contributed by atoms with E-state index in [1.165, 1.54) is 11.8 Å². The SMILES string of the molecule is CC(=O)NCC(=O)N(Cc1ccccc1)C(C(=O)NCC(=O)OC(C)(C)C)C(C)C. The van der Waals surface area contributed by atoms with Crippen LogP contribution in [0.1, 0.15) is 47.1 Å². The van der Waals surface area contributed by atoms with Crippen LogP contribution in [-0.2, 0) is 30.5 Å². The van der Waals surface area contributed by atoms with Crippen LogP contribution in [0.15, 0.2) is 30.3 Å². The monoisotopic (exact) mass is 419 g/mol. The van der Waals surface area contributed by atoms with Gasteiger partial charge in [-0.05, 0) is 32.3 Å². The van der Waals surface area contributed by atoms with Crippen LogP contribution in [0.5, 0.6) is 0 Å². The molecule has 166 valence electrons. The third-order valence-corrected chi connectivity index (χ3v) is 4.07. The molecule has 1 unspecified atom stereocenters. The van der Waals surface area contributed by atoms with Gasteiger partial charge in [0, 0.05) is 13.5 Å². The van der Waals surface area contributed by atoms with Gasteiger partial charge in [-0.15, -0.1) is 0 Å². The van der Waals surface area contributed by atoms with Crippen LogP contribution in [0.3, 0.4) is 0 Å². The Labute approximate surface area is 178 Å². The predicted molar refractivity (Wildman–Crippen MR) is 113 cm³/mol. The van der Waals surface area contributed by atoms with E-state index in [0.29, 0.717) is 0 Å². The molecule has 1 atom stereocenters. The van der Waals surface area contributed by atoms with Gasteiger partial charge in [0.25, 0.3) is 0 Å². The predicted octanol–water partition coefficient (Wildman–Crippen LogP) is 1.63. The Balaban J connectivity index is 3.01. The zero-order valence-electron chi connectivity index (χ0n) is 18.7. The number of carbonyl (C=O) groups is 4. The van der Waals surface area contributed by atoms with E-state index < -0.39 is 23.5 Å². The third-order valence-electron chi connectivity index (χ3n) is 4.07. The minimum atomic E-state index is -0.825. The van der Waals surface area contributed by atoms with Gasteiger partial charge < -0.3 is 20.3 Å². The standard InChI is InChI=1S/C22H33N3O5/c1-15(2)20(21(29)24-13-19(28)30-22(4,5)6)25(18(27)12-23-16(3)26)14-17-10-8-7-9-11-17/h7-11,15,20H,12-14H2,1-6H3,(H,23,26)(H,24,29). The van der Waals surface area contributed by atoms with Gasteiger partial charge in [-0.2, -0.15) is 0 Å². The van der Waals surface area contributed by atoms with Crippen LogP contribution < -0.4 is 10.6 Å². The van der Waals surface area contributed by atoms with Gasteiger partial charge in [-0.1, -0.05) is 44.2 Å². The number of ether oxygens (including phenoxy) is 1. The molecule has 2 N–H and O–H groups in total. The fraction of sp³-hybridized carbons (Fsp3) is 0.545. The van der Waals surface area contributed by atoms with Crippen molar-refractivity contribution in [3.63, 3.8) is 0 Å². The number of esters is 1. The van der Waals surface area contributed by atoms with Gasteiger partial charge in [-0.3, -0.25) is 19.2 Å². The summed E-state index contributed by atoms with van der Waals surface area (Å²) < 4.78 is 5.22. The lowest BCUT2D eigenvalue weighted by atomic mass is 10.00. The van der Waals surface area contributed by atoms with Crippen molar-refractivity contribution in [3.8, 4) is 0 Å². The van der Waals surface area contributed by atoms with Crippen LogP contribution in [0, 0.1) is 5.92 Å². The number of hydrogen-bond acceptors (Lipinski definition) is 5. The quantitative estimate of drug-likeness (QED) is 0.592. The molecule has 8 nitrogen and oxygen atoms in total. The average Bonchev–Trinajstić information content (AvgIpc) is 2.63. The number of amides is 3. The molecule has 0 aliphatic carbocycles. The summed E-state index contributed by atoms with van der Waals surface area (Å²) >= 11 is 0. The topological polar surface area (TPSA) is 105 Å². The minimum absolute atomic E-state index is 0.196. The molecule has 0 aliphatic heterocycles. The highest BCUT2D eigenvalue weighted by atomic mass is 16.6. The molecule has 0 radical (unpaired) electrons. The van der Waals surface area contributed by atoms with Gasteiger partial charge in [0.05, 0.1) is 6.54 Å². The molecule has 1 aromatic rings. The number of benzene rings is 1. The van der Waals surface area contributed by atoms with Crippen molar-refractivity contribution < 1.29 is 23.9 Å². The number of carbonyl (C=O) groups excluding carboxylic acids is 4. The molecular formula is C22H33N3O5. The van der Waals surface area contributed by atoms with E-state index in [1.807, 2.05) is 44.2 Å². The fourth-order valence-corrected chi connectivity index (χ4v) is 2.87. The van der Waals surface area contributed by atoms with Gasteiger partial charge in [0.2, 0.25) is 17.7 Å². The molecule has 30 heavy (non-hydrogen) atoms. The van der Waals surface area contributed by atoms with E-state index in [-0.39, 0.29) is 37.4 Å². The second-order valence-electron chi connectivity index (χ2n) is 8.41. The van der Waals surface area contributed by atoms with Crippen LogP contribution >= 0.6 is 0 Å². The summed E-state index contributed by atoms with van der Waals surface area (Å²) in [6.45, 7) is 9.87. The normalized spacial score (nSPS) is 12.1. The van der Waals surface area contributed by atoms with Crippen molar-refractivity contribution >= 4 is 23.7 Å². The Kier molecular flexibility index (Phi) is 9.49. The highest BCUT2D eigenvalue weighted by Crippen LogP contribution is 2.16. The molecule has 0 aliphatic rings. The maximum absolute atomic E-state index is 12.9. The Morgan fingerprint density at radius 1 is 1.00 bits per heavy atom. The lowest BCUT2D eigenvalue weighted by molar-refractivity contribution is -0.155. The molecule has 0 bridgehead atoms. The van der Waals surface area contributed by atoms with Gasteiger partial charge in [0.1, 0.15) is 18.2 Å². The molecule has 0 aromatic heterocycles. The lowest BCUT2D eigenvalue weighted by Crippen LogP contribution is -2.54. The first-order valence-corrected chi connectivity index (χ1v) is 9.98. The van der Waals surface area contributed by atoms with Crippen molar-refractivity contribution in [2.24, 2.45) is 5.92 Å². The summed E-state index contributed by atoms with van der Waals surface area (Å²) in [4.78, 5) is 50.4. The summed E-state index contributed by atoms with van der Waals surface area (Å²) in [6, 6.07) is 8.44. The van der Waals surface area contributed by atoms with Crippen molar-refractivity contribution in [3.05, 3.63) is 35.9 Å². The molecule has 0 spiro atoms. The van der Waals surface area contributed by atoms with Crippen LogP contribution in [0.2, 0.25) is 0 Å². The first kappa shape index (κ1) is 25.1. The molecule has 3 amide bonds. The second-order valence-corrected chi connectivity index (χ2v) is 8.41. The fourth-order valence-electron chi connectivity index (χ4n) is 2.87. The molecule has 1 rings (SSSR count). The van der Waals surface area contributed by atoms with E-state index in [2.05, 4.69) is 10.6 Å². The van der Waals surface area contributed by atoms with Crippen molar-refractivity contribution in [1.82, 2.24) is 15.5 Å². The molecule has 1 aromatic carbocycles. The number of nitrogens with zero attached hydrogens (tertiary/aromatic N) is 1. The first-order valence-electron chi connectivity index (χ1n) is 9.98. The maximum atomic E-state index is 12.9. The highest BCUT2D eigenvalue weighted by Gasteiger charge is 2.33. The third kappa shape index (κ3) is 9.07. The smallest absolute Gasteiger partial charge is 0.325 e. The maximum Gasteiger partial charge on any atom is 0.325 e. The minimum Gasteiger partial charge on any atom is -0.459 e. The first-order chi connectivity index (χ1) is 13.9. The largest absolute Gasteiger partial charge is 0.459 e. The lowest BCUT2D eigenvalue weighted by Gasteiger charge is -2.33. The van der Waals surface area contributed by atoms with Gasteiger partial charge in [0.15, 0.2) is 0 Å². The number of rotatable bonds is 9. The van der Waals surface area contributed by atoms with Crippen molar-refractivity contribution in [1.29, 1.82) is 0 Å². The summed E-state index contributed by atoms with van der Waals surface area (Å²) in [6.07, 6.45) is 0. The number of nitrogens with one attached hydrogen (secondary N) is 2. The Morgan fingerprint density at radius 3 is 2.10 bits per heavy atom. The van der Waals surface area contributed by atoms with Crippen LogP contribution in [0.25, 0.3) is 0 Å². The second kappa shape index (κ2) is 11.3. The van der Waals surface area contributed by atoms with E-state index >= 15 is 0 Å². The van der Waals surface area contributed by atoms with E-state index in [4.69, 9.17) is 4.74 Å². The Morgan fingerprint density at radius 2 is 1.60 bits per heavy atom. The molecule has 0 saturated carbocycles. The summed E-state index contributed by atoms with van der Waals surface area (Å²) in [7, 11) is 0. The zero-order chi connectivity index (χ0) is 22.9. The van der Waals surface area contributed by atoms with E-state index in [9.17, 15) is 19.2 Å². The zero-order valence-corrected chi connectivity index (χ0v) is 18.7. The molecular weight excluding hydrogens is 386 g/mol. The van der Waals surface area contributed by atoms with Crippen LogP contribution in [-0.4, -0.2) is 53.3 Å². The molecule has 8 heteroatoms. The van der Waals surface area contributed by atoms with Crippen LogP contribution in [0.4, 0.5) is 0 Å². The molecule has 0 fully saturated rings. The van der Waals surface area contributed by atoms with E-state index in [0.717, 1.165) is 5.56 Å². The van der Waals surface area contributed by atoms with Gasteiger partial charge >= 0.3 is 5.97 Å². The summed E-state index contributed by atoms with van der Waals surface area (Å²) in [5.74, 6) is -1.97. The highest BCUT2D eigenvalue weighted by molar-refractivity contribution is 5.91. The van der Waals surface area contributed by atoms with E-state index in [1.54, 1.807) is 20.8 Å². The Hall–Kier alpha value is -2.90. The summed E-state index contributed by atoms with van der Waals surface area (Å²) in [5.41, 5.74) is 0.187. The van der Waals surface area contributed by atoms with Gasteiger partial charge in [-0.25, -0.2) is 0 Å². The van der Waals surface area contributed by atoms with Crippen molar-refractivity contribution in [2.45, 2.75) is 59.7 Å². The Bertz CT molecular complexity index is 741. The number of hydrogen-bond donors (Lipinski definition) is 2. The molecule has 0 heterocycles. The molecule has 0 saturated heterocycles. The summed E-state index contributed by atoms with van der Waals surface area (Å²) in [5, 5.41) is 5.06. The van der Waals surface area contributed by atoms with Crippen molar-refractivity contribution in [2.75, 3.05) is 13.1 Å². The average molecular weight is 420 g/mol.